The van der Waals surface area contributed by atoms with E-state index >= 15 is 0 Å². The van der Waals surface area contributed by atoms with Crippen molar-refractivity contribution in [1.82, 2.24) is 5.32 Å². The number of nitrogens with one attached hydrogen (secondary N) is 3. The SMILES string of the molecule is CCCCOc1ccc(NC(=O)C(CC)Sc2cccc(NC(=O)/C(=C\c3ccccc3Cl)NC(=O)c3ccccc3)c2)cc1. The lowest BCUT2D eigenvalue weighted by atomic mass is 10.1. The van der Waals surface area contributed by atoms with Crippen LogP contribution < -0.4 is 20.7 Å². The molecule has 0 fully saturated rings. The van der Waals surface area contributed by atoms with Crippen molar-refractivity contribution in [1.29, 1.82) is 0 Å². The monoisotopic (exact) mass is 641 g/mol. The van der Waals surface area contributed by atoms with Crippen molar-refractivity contribution in [3.63, 3.8) is 0 Å². The molecule has 0 heterocycles. The molecule has 9 heteroatoms. The molecule has 0 aliphatic heterocycles. The third-order valence-corrected chi connectivity index (χ3v) is 8.36. The molecule has 0 saturated heterocycles. The largest absolute Gasteiger partial charge is 0.494 e. The minimum atomic E-state index is -0.520. The van der Waals surface area contributed by atoms with Crippen molar-refractivity contribution in [2.24, 2.45) is 0 Å². The Kier molecular flexibility index (Phi) is 12.7. The van der Waals surface area contributed by atoms with Gasteiger partial charge in [0.1, 0.15) is 11.4 Å². The number of thioether (sulfide) groups is 1. The predicted molar refractivity (Wildman–Crippen MR) is 184 cm³/mol. The lowest BCUT2D eigenvalue weighted by molar-refractivity contribution is -0.116. The van der Waals surface area contributed by atoms with E-state index in [-0.39, 0.29) is 16.9 Å². The molecule has 0 aliphatic rings. The zero-order chi connectivity index (χ0) is 32.0. The average Bonchev–Trinajstić information content (AvgIpc) is 3.05. The Labute approximate surface area is 273 Å². The summed E-state index contributed by atoms with van der Waals surface area (Å²) in [5, 5.41) is 8.66. The van der Waals surface area contributed by atoms with Crippen molar-refractivity contribution in [2.75, 3.05) is 17.2 Å². The first-order valence-corrected chi connectivity index (χ1v) is 16.1. The molecule has 4 aromatic carbocycles. The van der Waals surface area contributed by atoms with E-state index < -0.39 is 11.8 Å². The highest BCUT2D eigenvalue weighted by molar-refractivity contribution is 8.00. The van der Waals surface area contributed by atoms with Gasteiger partial charge in [-0.1, -0.05) is 74.3 Å². The van der Waals surface area contributed by atoms with E-state index in [1.54, 1.807) is 72.8 Å². The van der Waals surface area contributed by atoms with Crippen molar-refractivity contribution < 1.29 is 19.1 Å². The highest BCUT2D eigenvalue weighted by Crippen LogP contribution is 2.29. The summed E-state index contributed by atoms with van der Waals surface area (Å²) in [5.74, 6) is -0.298. The van der Waals surface area contributed by atoms with E-state index in [1.165, 1.54) is 11.8 Å². The van der Waals surface area contributed by atoms with Gasteiger partial charge in [-0.3, -0.25) is 14.4 Å². The minimum absolute atomic E-state index is 0.0302. The second kappa shape index (κ2) is 17.1. The van der Waals surface area contributed by atoms with Gasteiger partial charge >= 0.3 is 0 Å². The maximum Gasteiger partial charge on any atom is 0.272 e. The van der Waals surface area contributed by atoms with Gasteiger partial charge in [-0.2, -0.15) is 0 Å². The lowest BCUT2D eigenvalue weighted by Crippen LogP contribution is -2.30. The number of amides is 3. The molecule has 0 spiro atoms. The molecule has 0 saturated carbocycles. The number of carbonyl (C=O) groups excluding carboxylic acids is 3. The van der Waals surface area contributed by atoms with E-state index in [2.05, 4.69) is 22.9 Å². The normalized spacial score (nSPS) is 11.8. The van der Waals surface area contributed by atoms with Gasteiger partial charge in [-0.05, 0) is 85.1 Å². The second-order valence-electron chi connectivity index (χ2n) is 10.1. The average molecular weight is 642 g/mol. The zero-order valence-electron chi connectivity index (χ0n) is 25.2. The highest BCUT2D eigenvalue weighted by Gasteiger charge is 2.20. The summed E-state index contributed by atoms with van der Waals surface area (Å²) in [4.78, 5) is 40.4. The number of hydrogen-bond acceptors (Lipinski definition) is 5. The van der Waals surface area contributed by atoms with Crippen LogP contribution in [0.5, 0.6) is 5.75 Å². The van der Waals surface area contributed by atoms with Crippen LogP contribution in [0.4, 0.5) is 11.4 Å². The number of ether oxygens (including phenoxy) is 1. The van der Waals surface area contributed by atoms with Crippen LogP contribution in [0.15, 0.2) is 114 Å². The molecule has 45 heavy (non-hydrogen) atoms. The van der Waals surface area contributed by atoms with Crippen LogP contribution in [-0.2, 0) is 9.59 Å². The summed E-state index contributed by atoms with van der Waals surface area (Å²) in [7, 11) is 0. The first-order valence-electron chi connectivity index (χ1n) is 14.8. The van der Waals surface area contributed by atoms with Crippen LogP contribution in [0.2, 0.25) is 5.02 Å². The third-order valence-electron chi connectivity index (χ3n) is 6.66. The van der Waals surface area contributed by atoms with Crippen LogP contribution in [0.1, 0.15) is 49.0 Å². The summed E-state index contributed by atoms with van der Waals surface area (Å²) in [6, 6.07) is 30.3. The van der Waals surface area contributed by atoms with E-state index in [4.69, 9.17) is 16.3 Å². The van der Waals surface area contributed by atoms with Crippen LogP contribution in [0, 0.1) is 0 Å². The molecule has 4 rings (SSSR count). The Bertz CT molecular complexity index is 1630. The second-order valence-corrected chi connectivity index (χ2v) is 11.8. The molecule has 0 aromatic heterocycles. The Balaban J connectivity index is 1.44. The van der Waals surface area contributed by atoms with Gasteiger partial charge < -0.3 is 20.7 Å². The maximum atomic E-state index is 13.5. The molecule has 3 N–H and O–H groups in total. The van der Waals surface area contributed by atoms with Crippen molar-refractivity contribution in [3.8, 4) is 5.75 Å². The fourth-order valence-electron chi connectivity index (χ4n) is 4.21. The number of hydrogen-bond donors (Lipinski definition) is 3. The quantitative estimate of drug-likeness (QED) is 0.0729. The smallest absolute Gasteiger partial charge is 0.272 e. The van der Waals surface area contributed by atoms with E-state index in [0.29, 0.717) is 40.6 Å². The lowest BCUT2D eigenvalue weighted by Gasteiger charge is -2.16. The van der Waals surface area contributed by atoms with Gasteiger partial charge in [0.15, 0.2) is 0 Å². The van der Waals surface area contributed by atoms with Crippen LogP contribution in [-0.4, -0.2) is 29.6 Å². The van der Waals surface area contributed by atoms with Gasteiger partial charge in [-0.25, -0.2) is 0 Å². The van der Waals surface area contributed by atoms with Gasteiger partial charge in [0, 0.05) is 26.9 Å². The van der Waals surface area contributed by atoms with Crippen LogP contribution in [0.25, 0.3) is 6.08 Å². The molecule has 0 radical (unpaired) electrons. The Morgan fingerprint density at radius 2 is 1.58 bits per heavy atom. The molecule has 1 atom stereocenters. The zero-order valence-corrected chi connectivity index (χ0v) is 26.8. The number of carbonyl (C=O) groups is 3. The van der Waals surface area contributed by atoms with Gasteiger partial charge in [0.05, 0.1) is 11.9 Å². The van der Waals surface area contributed by atoms with E-state index in [9.17, 15) is 14.4 Å². The fourth-order valence-corrected chi connectivity index (χ4v) is 5.42. The molecule has 1 unspecified atom stereocenters. The maximum absolute atomic E-state index is 13.5. The summed E-state index contributed by atoms with van der Waals surface area (Å²) in [5.41, 5.74) is 2.23. The third kappa shape index (κ3) is 10.3. The van der Waals surface area contributed by atoms with E-state index in [1.807, 2.05) is 43.3 Å². The van der Waals surface area contributed by atoms with Crippen molar-refractivity contribution >= 4 is 58.5 Å². The standard InChI is InChI=1S/C36H36ClN3O4S/c1-3-5-22-44-29-20-18-27(19-21-29)38-36(43)33(4-2)45-30-16-11-15-28(24-30)39-35(42)32(23-26-14-9-10-17-31(26)37)40-34(41)25-12-7-6-8-13-25/h6-21,23-24,33H,3-5,22H2,1-2H3,(H,38,43)(H,39,42)(H,40,41)/b32-23+. The molecule has 3 amide bonds. The number of anilines is 2. The molecular weight excluding hydrogens is 606 g/mol. The number of unbranched alkanes of at least 4 members (excludes halogenated alkanes) is 1. The highest BCUT2D eigenvalue weighted by atomic mass is 35.5. The first-order chi connectivity index (χ1) is 21.9. The summed E-state index contributed by atoms with van der Waals surface area (Å²) in [6.45, 7) is 4.73. The van der Waals surface area contributed by atoms with Crippen molar-refractivity contribution in [3.05, 3.63) is 125 Å². The van der Waals surface area contributed by atoms with Gasteiger partial charge in [0.2, 0.25) is 5.91 Å². The Hall–Kier alpha value is -4.53. The van der Waals surface area contributed by atoms with E-state index in [0.717, 1.165) is 23.5 Å². The van der Waals surface area contributed by atoms with Crippen LogP contribution >= 0.6 is 23.4 Å². The Morgan fingerprint density at radius 3 is 2.29 bits per heavy atom. The molecule has 7 nitrogen and oxygen atoms in total. The molecule has 0 aliphatic carbocycles. The first kappa shape index (κ1) is 33.4. The van der Waals surface area contributed by atoms with Crippen molar-refractivity contribution in [2.45, 2.75) is 43.3 Å². The van der Waals surface area contributed by atoms with Gasteiger partial charge in [0.25, 0.3) is 11.8 Å². The molecule has 0 bridgehead atoms. The molecule has 4 aromatic rings. The van der Waals surface area contributed by atoms with Crippen LogP contribution in [0.3, 0.4) is 0 Å². The minimum Gasteiger partial charge on any atom is -0.494 e. The molecule has 232 valence electrons. The topological polar surface area (TPSA) is 96.5 Å². The summed E-state index contributed by atoms with van der Waals surface area (Å²) >= 11 is 7.75. The number of halogens is 1. The summed E-state index contributed by atoms with van der Waals surface area (Å²) in [6.07, 6.45) is 4.19. The number of rotatable bonds is 14. The number of benzene rings is 4. The Morgan fingerprint density at radius 1 is 0.844 bits per heavy atom. The summed E-state index contributed by atoms with van der Waals surface area (Å²) < 4.78 is 5.70. The fraction of sp³-hybridized carbons (Fsp3) is 0.194. The molecular formula is C36H36ClN3O4S. The van der Waals surface area contributed by atoms with Gasteiger partial charge in [-0.15, -0.1) is 11.8 Å². The predicted octanol–water partition coefficient (Wildman–Crippen LogP) is 8.44.